The van der Waals surface area contributed by atoms with Crippen LogP contribution in [0.15, 0.2) is 122 Å². The maximum Gasteiger partial charge on any atom is 0.166 e. The van der Waals surface area contributed by atoms with Gasteiger partial charge in [-0.2, -0.15) is 0 Å². The summed E-state index contributed by atoms with van der Waals surface area (Å²) >= 11 is 1.83. The van der Waals surface area contributed by atoms with Gasteiger partial charge in [0.05, 0.1) is 10.9 Å². The van der Waals surface area contributed by atoms with Gasteiger partial charge in [0.15, 0.2) is 14.7 Å². The summed E-state index contributed by atoms with van der Waals surface area (Å²) in [5.74, 6) is 0. The second kappa shape index (κ2) is 10.3. The fourth-order valence-electron chi connectivity index (χ4n) is 3.98. The van der Waals surface area contributed by atoms with Crippen molar-refractivity contribution in [2.75, 3.05) is 0 Å². The van der Waals surface area contributed by atoms with Crippen LogP contribution in [-0.2, 0) is 21.7 Å². The molecule has 1 unspecified atom stereocenters. The normalized spacial score (nSPS) is 13.0. The first-order chi connectivity index (χ1) is 16.5. The number of hydrogen-bond donors (Lipinski definition) is 0. The fourth-order valence-corrected chi connectivity index (χ4v) is 6.83. The Morgan fingerprint density at radius 2 is 0.771 bits per heavy atom. The van der Waals surface area contributed by atoms with Gasteiger partial charge in [0, 0.05) is 9.79 Å². The molecule has 4 aromatic rings. The Labute approximate surface area is 219 Å². The van der Waals surface area contributed by atoms with Crippen molar-refractivity contribution in [1.82, 2.24) is 0 Å². The topological polar surface area (TPSA) is 0 Å². The van der Waals surface area contributed by atoms with Crippen molar-refractivity contribution in [1.29, 1.82) is 0 Å². The first kappa shape index (κ1) is 25.7. The Hall–Kier alpha value is -2.42. The molecule has 0 heterocycles. The minimum absolute atomic E-state index is 0.135. The Morgan fingerprint density at radius 3 is 1.17 bits per heavy atom. The molecule has 35 heavy (non-hydrogen) atoms. The molecule has 0 saturated heterocycles. The molecule has 180 valence electrons. The van der Waals surface area contributed by atoms with E-state index < -0.39 is 0 Å². The highest BCUT2D eigenvalue weighted by Crippen LogP contribution is 2.36. The number of rotatable bonds is 5. The monoisotopic (exact) mass is 497 g/mol. The van der Waals surface area contributed by atoms with E-state index in [-0.39, 0.29) is 21.7 Å². The summed E-state index contributed by atoms with van der Waals surface area (Å²) in [5.41, 5.74) is 4.38. The molecule has 4 rings (SSSR count). The van der Waals surface area contributed by atoms with Crippen molar-refractivity contribution in [2.24, 2.45) is 0 Å². The molecule has 0 N–H and O–H groups in total. The van der Waals surface area contributed by atoms with Crippen LogP contribution < -0.4 is 0 Å². The molecule has 0 bridgehead atoms. The van der Waals surface area contributed by atoms with Crippen LogP contribution in [-0.4, -0.2) is 0 Å². The Bertz CT molecular complexity index is 1240. The van der Waals surface area contributed by atoms with Gasteiger partial charge in [0.25, 0.3) is 0 Å². The molecule has 0 saturated carbocycles. The van der Waals surface area contributed by atoms with Crippen molar-refractivity contribution >= 4 is 22.7 Å². The second-order valence-electron chi connectivity index (χ2n) is 11.2. The molecule has 0 nitrogen and oxygen atoms in total. The summed E-state index contributed by atoms with van der Waals surface area (Å²) in [6, 6.07) is 36.4. The predicted molar refractivity (Wildman–Crippen MR) is 154 cm³/mol. The quantitative estimate of drug-likeness (QED) is 0.247. The lowest BCUT2D eigenvalue weighted by Crippen LogP contribution is -2.11. The van der Waals surface area contributed by atoms with Crippen molar-refractivity contribution < 1.29 is 0 Å². The first-order valence-corrected chi connectivity index (χ1v) is 14.3. The van der Waals surface area contributed by atoms with E-state index in [1.165, 1.54) is 41.2 Å². The highest BCUT2D eigenvalue weighted by molar-refractivity contribution is 7.99. The van der Waals surface area contributed by atoms with E-state index in [9.17, 15) is 0 Å². The average Bonchev–Trinajstić information content (AvgIpc) is 2.81. The minimum atomic E-state index is -0.135. The van der Waals surface area contributed by atoms with E-state index in [1.807, 2.05) is 11.8 Å². The van der Waals surface area contributed by atoms with Crippen molar-refractivity contribution in [3.63, 3.8) is 0 Å². The van der Waals surface area contributed by atoms with Crippen molar-refractivity contribution in [3.8, 4) is 0 Å². The molecular formula is C33H37S2+. The van der Waals surface area contributed by atoms with E-state index in [1.54, 1.807) is 0 Å². The smallest absolute Gasteiger partial charge is 0.0901 e. The van der Waals surface area contributed by atoms with Gasteiger partial charge in [-0.25, -0.2) is 0 Å². The van der Waals surface area contributed by atoms with Crippen LogP contribution in [0.4, 0.5) is 0 Å². The highest BCUT2D eigenvalue weighted by Gasteiger charge is 2.29. The zero-order valence-corrected chi connectivity index (χ0v) is 23.7. The molecule has 0 aromatic heterocycles. The average molecular weight is 498 g/mol. The molecule has 0 aliphatic rings. The summed E-state index contributed by atoms with van der Waals surface area (Å²) < 4.78 is 0. The third-order valence-corrected chi connectivity index (χ3v) is 9.47. The summed E-state index contributed by atoms with van der Waals surface area (Å²) in [6.07, 6.45) is 0. The molecule has 0 amide bonds. The lowest BCUT2D eigenvalue weighted by Gasteiger charge is -2.19. The first-order valence-electron chi connectivity index (χ1n) is 12.3. The van der Waals surface area contributed by atoms with Crippen molar-refractivity contribution in [3.05, 3.63) is 114 Å². The van der Waals surface area contributed by atoms with Crippen LogP contribution in [0.25, 0.3) is 0 Å². The molecule has 2 heteroatoms. The van der Waals surface area contributed by atoms with Gasteiger partial charge < -0.3 is 0 Å². The molecule has 1 atom stereocenters. The van der Waals surface area contributed by atoms with Gasteiger partial charge >= 0.3 is 0 Å². The van der Waals surface area contributed by atoms with Gasteiger partial charge in [-0.1, -0.05) is 95.3 Å². The maximum atomic E-state index is 2.32. The Balaban J connectivity index is 1.62. The predicted octanol–water partition coefficient (Wildman–Crippen LogP) is 9.84. The van der Waals surface area contributed by atoms with Crippen LogP contribution in [0.5, 0.6) is 0 Å². The molecule has 0 aliphatic carbocycles. The largest absolute Gasteiger partial charge is 0.166 e. The zero-order chi connectivity index (χ0) is 25.2. The molecule has 0 aliphatic heterocycles. The Kier molecular flexibility index (Phi) is 7.54. The summed E-state index contributed by atoms with van der Waals surface area (Å²) in [6.45, 7) is 15.7. The number of aryl methyl sites for hydroxylation is 1. The third-order valence-electron chi connectivity index (χ3n) is 6.23. The molecule has 4 aromatic carbocycles. The lowest BCUT2D eigenvalue weighted by atomic mass is 9.87. The van der Waals surface area contributed by atoms with E-state index in [0.29, 0.717) is 0 Å². The third kappa shape index (κ3) is 6.42. The van der Waals surface area contributed by atoms with E-state index in [4.69, 9.17) is 0 Å². The van der Waals surface area contributed by atoms with Crippen molar-refractivity contribution in [2.45, 2.75) is 83.8 Å². The lowest BCUT2D eigenvalue weighted by molar-refractivity contribution is 0.589. The van der Waals surface area contributed by atoms with Crippen LogP contribution >= 0.6 is 11.8 Å². The highest BCUT2D eigenvalue weighted by atomic mass is 32.2. The minimum Gasteiger partial charge on any atom is -0.0901 e. The maximum absolute atomic E-state index is 2.32. The fraction of sp³-hybridized carbons (Fsp3) is 0.273. The van der Waals surface area contributed by atoms with Crippen LogP contribution in [0, 0.1) is 6.92 Å². The number of benzene rings is 4. The van der Waals surface area contributed by atoms with Gasteiger partial charge in [0.2, 0.25) is 0 Å². The summed E-state index contributed by atoms with van der Waals surface area (Å²) in [5, 5.41) is 0. The van der Waals surface area contributed by atoms with Crippen LogP contribution in [0.3, 0.4) is 0 Å². The molecule has 0 spiro atoms. The SMILES string of the molecule is Cc1ccc([S+](c2ccc(Sc3ccc(C(C)(C)C)cc3)cc2)c2ccc(C(C)(C)C)cc2)cc1. The second-order valence-corrected chi connectivity index (χ2v) is 14.4. The van der Waals surface area contributed by atoms with Crippen LogP contribution in [0.2, 0.25) is 0 Å². The zero-order valence-electron chi connectivity index (χ0n) is 22.1. The van der Waals surface area contributed by atoms with E-state index >= 15 is 0 Å². The molecule has 0 radical (unpaired) electrons. The van der Waals surface area contributed by atoms with Crippen LogP contribution in [0.1, 0.15) is 58.2 Å². The summed E-state index contributed by atoms with van der Waals surface area (Å²) in [7, 11) is -0.135. The summed E-state index contributed by atoms with van der Waals surface area (Å²) in [4.78, 5) is 6.62. The van der Waals surface area contributed by atoms with E-state index in [2.05, 4.69) is 146 Å². The standard InChI is InChI=1S/C33H37S2/c1-24-8-18-29(19-9-24)35(30-20-12-26(13-21-30)33(5,6)7)31-22-16-28(17-23-31)34-27-14-10-25(11-15-27)32(2,3)4/h8-23H,1-7H3/q+1. The van der Waals surface area contributed by atoms with Gasteiger partial charge in [-0.3, -0.25) is 0 Å². The van der Waals surface area contributed by atoms with E-state index in [0.717, 1.165) is 0 Å². The Morgan fingerprint density at radius 1 is 0.457 bits per heavy atom. The van der Waals surface area contributed by atoms with Gasteiger partial charge in [-0.15, -0.1) is 0 Å². The molecule has 0 fully saturated rings. The molecular weight excluding hydrogens is 460 g/mol. The number of hydrogen-bond acceptors (Lipinski definition) is 1. The van der Waals surface area contributed by atoms with Gasteiger partial charge in [-0.05, 0) is 89.5 Å². The van der Waals surface area contributed by atoms with Gasteiger partial charge in [0.1, 0.15) is 0 Å².